The molecule has 1 aliphatic rings. The summed E-state index contributed by atoms with van der Waals surface area (Å²) in [7, 11) is 0. The van der Waals surface area contributed by atoms with Gasteiger partial charge in [-0.05, 0) is 35.9 Å². The number of nitrogens with one attached hydrogen (secondary N) is 1. The van der Waals surface area contributed by atoms with E-state index in [4.69, 9.17) is 11.6 Å². The molecule has 1 N–H and O–H groups in total. The molecule has 30 heavy (non-hydrogen) atoms. The number of aromatic amines is 1. The molecule has 2 aromatic carbocycles. The third-order valence-corrected chi connectivity index (χ3v) is 6.58. The highest BCUT2D eigenvalue weighted by atomic mass is 35.5. The fourth-order valence-corrected chi connectivity index (χ4v) is 4.62. The third-order valence-electron chi connectivity index (χ3n) is 5.14. The lowest BCUT2D eigenvalue weighted by molar-refractivity contribution is -0.135. The molecule has 3 aromatic rings. The van der Waals surface area contributed by atoms with Gasteiger partial charge in [-0.2, -0.15) is 0 Å². The van der Waals surface area contributed by atoms with Crippen molar-refractivity contribution in [2.24, 2.45) is 0 Å². The van der Waals surface area contributed by atoms with Crippen LogP contribution in [-0.2, 0) is 9.59 Å². The molecule has 0 unspecified atom stereocenters. The average Bonchev–Trinajstić information content (AvgIpc) is 3.16. The fraction of sp³-hybridized carbons (Fsp3) is 0.217. The van der Waals surface area contributed by atoms with Crippen molar-refractivity contribution >= 4 is 52.2 Å². The van der Waals surface area contributed by atoms with Crippen molar-refractivity contribution in [3.05, 3.63) is 65.2 Å². The van der Waals surface area contributed by atoms with Gasteiger partial charge in [0.05, 0.1) is 10.0 Å². The van der Waals surface area contributed by atoms with Crippen LogP contribution in [0, 0.1) is 0 Å². The van der Waals surface area contributed by atoms with Crippen LogP contribution in [0.15, 0.2) is 64.5 Å². The van der Waals surface area contributed by atoms with Gasteiger partial charge < -0.3 is 14.8 Å². The Morgan fingerprint density at radius 3 is 2.47 bits per heavy atom. The zero-order chi connectivity index (χ0) is 21.1. The number of para-hydroxylation sites is 1. The maximum Gasteiger partial charge on any atom is 0.246 e. The summed E-state index contributed by atoms with van der Waals surface area (Å²) in [6.07, 6.45) is 3.35. The highest BCUT2D eigenvalue weighted by molar-refractivity contribution is 7.99. The summed E-state index contributed by atoms with van der Waals surface area (Å²) in [5, 5.41) is 2.84. The number of H-pyrrole nitrogens is 1. The second kappa shape index (κ2) is 8.98. The minimum atomic E-state index is -0.0501. The molecule has 0 radical (unpaired) electrons. The molecule has 1 fully saturated rings. The fourth-order valence-electron chi connectivity index (χ4n) is 3.44. The average molecular weight is 440 g/mol. The Morgan fingerprint density at radius 2 is 1.77 bits per heavy atom. The van der Waals surface area contributed by atoms with E-state index in [1.807, 2.05) is 36.4 Å². The first-order valence-corrected chi connectivity index (χ1v) is 11.0. The predicted octanol–water partition coefficient (Wildman–Crippen LogP) is 4.68. The van der Waals surface area contributed by atoms with E-state index in [-0.39, 0.29) is 11.8 Å². The number of halogens is 1. The van der Waals surface area contributed by atoms with Crippen LogP contribution in [0.1, 0.15) is 12.5 Å². The second-order valence-electron chi connectivity index (χ2n) is 7.18. The number of nitrogens with zero attached hydrogens (tertiary/aromatic N) is 2. The summed E-state index contributed by atoms with van der Waals surface area (Å²) in [6.45, 7) is 3.84. The van der Waals surface area contributed by atoms with Crippen LogP contribution in [-0.4, -0.2) is 52.8 Å². The Morgan fingerprint density at radius 1 is 1.03 bits per heavy atom. The Kier molecular flexibility index (Phi) is 6.16. The monoisotopic (exact) mass is 439 g/mol. The van der Waals surface area contributed by atoms with Gasteiger partial charge in [0.15, 0.2) is 0 Å². The van der Waals surface area contributed by atoms with Gasteiger partial charge in [0, 0.05) is 55.0 Å². The molecular formula is C23H22ClN3O2S. The molecule has 4 rings (SSSR count). The van der Waals surface area contributed by atoms with E-state index in [0.717, 1.165) is 21.0 Å². The van der Waals surface area contributed by atoms with Crippen LogP contribution in [0.3, 0.4) is 0 Å². The topological polar surface area (TPSA) is 56.4 Å². The van der Waals surface area contributed by atoms with E-state index in [1.165, 1.54) is 5.39 Å². The van der Waals surface area contributed by atoms with Crippen LogP contribution >= 0.6 is 23.4 Å². The molecule has 0 saturated carbocycles. The lowest BCUT2D eigenvalue weighted by Gasteiger charge is -2.33. The summed E-state index contributed by atoms with van der Waals surface area (Å²) in [5.41, 5.74) is 1.97. The minimum absolute atomic E-state index is 0.0501. The van der Waals surface area contributed by atoms with Gasteiger partial charge in [-0.25, -0.2) is 0 Å². The highest BCUT2D eigenvalue weighted by Gasteiger charge is 2.20. The number of benzene rings is 2. The molecule has 1 saturated heterocycles. The van der Waals surface area contributed by atoms with Crippen LogP contribution in [0.5, 0.6) is 0 Å². The predicted molar refractivity (Wildman–Crippen MR) is 122 cm³/mol. The zero-order valence-corrected chi connectivity index (χ0v) is 18.2. The Balaban J connectivity index is 1.39. The molecule has 7 heteroatoms. The lowest BCUT2D eigenvalue weighted by atomic mass is 10.2. The number of aromatic nitrogens is 1. The number of hydrogen-bond donors (Lipinski definition) is 1. The van der Waals surface area contributed by atoms with Crippen molar-refractivity contribution in [3.8, 4) is 0 Å². The van der Waals surface area contributed by atoms with Gasteiger partial charge in [-0.15, -0.1) is 0 Å². The van der Waals surface area contributed by atoms with Gasteiger partial charge in [-0.3, -0.25) is 9.59 Å². The number of carbonyl (C=O) groups excluding carboxylic acids is 2. The van der Waals surface area contributed by atoms with E-state index in [9.17, 15) is 9.59 Å². The summed E-state index contributed by atoms with van der Waals surface area (Å²) in [4.78, 5) is 31.7. The Labute approximate surface area is 184 Å². The Bertz CT molecular complexity index is 1080. The van der Waals surface area contributed by atoms with E-state index in [2.05, 4.69) is 17.1 Å². The molecule has 2 amide bonds. The Hall–Kier alpha value is -2.70. The van der Waals surface area contributed by atoms with Gasteiger partial charge in [0.1, 0.15) is 0 Å². The molecule has 0 bridgehead atoms. The summed E-state index contributed by atoms with van der Waals surface area (Å²) < 4.78 is 0. The van der Waals surface area contributed by atoms with Gasteiger partial charge in [0.25, 0.3) is 0 Å². The molecule has 0 spiro atoms. The zero-order valence-electron chi connectivity index (χ0n) is 16.6. The number of amides is 2. The molecule has 0 aliphatic carbocycles. The maximum absolute atomic E-state index is 12.4. The first kappa shape index (κ1) is 20.6. The summed E-state index contributed by atoms with van der Waals surface area (Å²) in [5.74, 6) is 0.00328. The molecule has 2 heterocycles. The highest BCUT2D eigenvalue weighted by Crippen LogP contribution is 2.35. The number of fused-ring (bicyclic) bond motifs is 1. The van der Waals surface area contributed by atoms with Crippen LogP contribution < -0.4 is 0 Å². The lowest BCUT2D eigenvalue weighted by Crippen LogP contribution is -2.49. The van der Waals surface area contributed by atoms with E-state index < -0.39 is 0 Å². The molecule has 0 atom stereocenters. The number of rotatable bonds is 4. The van der Waals surface area contributed by atoms with Crippen molar-refractivity contribution < 1.29 is 9.59 Å². The second-order valence-corrected chi connectivity index (χ2v) is 8.67. The smallest absolute Gasteiger partial charge is 0.246 e. The third kappa shape index (κ3) is 4.71. The van der Waals surface area contributed by atoms with Gasteiger partial charge in [0.2, 0.25) is 11.8 Å². The van der Waals surface area contributed by atoms with Crippen molar-refractivity contribution in [2.45, 2.75) is 16.8 Å². The number of hydrogen-bond acceptors (Lipinski definition) is 3. The van der Waals surface area contributed by atoms with Crippen LogP contribution in [0.25, 0.3) is 17.0 Å². The van der Waals surface area contributed by atoms with E-state index >= 15 is 0 Å². The standard InChI is InChI=1S/C23H22ClN3O2S/c1-16(28)26-10-12-27(13-11-26)23(29)9-7-17-6-8-21(19(24)14-17)30-22-15-18-4-2-3-5-20(18)25-22/h2-9,14-15,25H,10-13H2,1H3/b9-7+. The van der Waals surface area contributed by atoms with Crippen LogP contribution in [0.4, 0.5) is 0 Å². The quantitative estimate of drug-likeness (QED) is 0.600. The summed E-state index contributed by atoms with van der Waals surface area (Å²) in [6, 6.07) is 16.0. The van der Waals surface area contributed by atoms with Crippen molar-refractivity contribution in [2.75, 3.05) is 26.2 Å². The van der Waals surface area contributed by atoms with Crippen molar-refractivity contribution in [1.29, 1.82) is 0 Å². The SMILES string of the molecule is CC(=O)N1CCN(C(=O)/C=C/c2ccc(Sc3cc4ccccc4[nH]3)c(Cl)c2)CC1. The first-order valence-electron chi connectivity index (χ1n) is 9.77. The minimum Gasteiger partial charge on any atom is -0.349 e. The molecule has 1 aliphatic heterocycles. The molecular weight excluding hydrogens is 418 g/mol. The van der Waals surface area contributed by atoms with Crippen molar-refractivity contribution in [1.82, 2.24) is 14.8 Å². The number of carbonyl (C=O) groups is 2. The molecule has 5 nitrogen and oxygen atoms in total. The van der Waals surface area contributed by atoms with Gasteiger partial charge in [-0.1, -0.05) is 47.6 Å². The largest absolute Gasteiger partial charge is 0.349 e. The molecule has 1 aromatic heterocycles. The number of piperazine rings is 1. The summed E-state index contributed by atoms with van der Waals surface area (Å²) >= 11 is 8.07. The van der Waals surface area contributed by atoms with E-state index in [1.54, 1.807) is 40.6 Å². The van der Waals surface area contributed by atoms with Gasteiger partial charge >= 0.3 is 0 Å². The normalized spacial score (nSPS) is 14.6. The maximum atomic E-state index is 12.4. The van der Waals surface area contributed by atoms with E-state index in [0.29, 0.717) is 31.2 Å². The molecule has 154 valence electrons. The van der Waals surface area contributed by atoms with Crippen molar-refractivity contribution in [3.63, 3.8) is 0 Å². The first-order chi connectivity index (χ1) is 14.5. The van der Waals surface area contributed by atoms with Crippen LogP contribution in [0.2, 0.25) is 5.02 Å².